The third-order valence-electron chi connectivity index (χ3n) is 7.87. The van der Waals surface area contributed by atoms with Gasteiger partial charge in [0.2, 0.25) is 5.95 Å². The Morgan fingerprint density at radius 1 is 0.778 bits per heavy atom. The Morgan fingerprint density at radius 3 is 2.02 bits per heavy atom. The van der Waals surface area contributed by atoms with Gasteiger partial charge in [-0.2, -0.15) is 31.3 Å². The van der Waals surface area contributed by atoms with Crippen molar-refractivity contribution in [3.8, 4) is 11.3 Å². The maximum atomic E-state index is 14.4. The third kappa shape index (κ3) is 8.01. The molecule has 0 spiro atoms. The van der Waals surface area contributed by atoms with E-state index in [1.807, 2.05) is 6.92 Å². The van der Waals surface area contributed by atoms with Gasteiger partial charge in [0.05, 0.1) is 28.7 Å². The third-order valence-corrected chi connectivity index (χ3v) is 7.87. The van der Waals surface area contributed by atoms with Gasteiger partial charge in [0, 0.05) is 17.1 Å². The lowest BCUT2D eigenvalue weighted by molar-refractivity contribution is -0.141. The molecule has 1 aromatic carbocycles. The fraction of sp³-hybridized carbons (Fsp3) is 0.455. The Morgan fingerprint density at radius 2 is 1.44 bits per heavy atom. The lowest BCUT2D eigenvalue weighted by Crippen LogP contribution is -2.13. The van der Waals surface area contributed by atoms with E-state index in [1.165, 1.54) is 18.3 Å². The number of pyridine rings is 2. The summed E-state index contributed by atoms with van der Waals surface area (Å²) in [6.45, 7) is 5.97. The zero-order chi connectivity index (χ0) is 32.8. The number of hydrogen-bond acceptors (Lipinski definition) is 6. The van der Waals surface area contributed by atoms with Gasteiger partial charge in [-0.3, -0.25) is 4.98 Å². The number of nitrogens with two attached hydrogens (primary N) is 1. The average Bonchev–Trinajstić information content (AvgIpc) is 2.98. The summed E-state index contributed by atoms with van der Waals surface area (Å²) < 4.78 is 82.7. The van der Waals surface area contributed by atoms with E-state index in [0.29, 0.717) is 46.9 Å². The predicted octanol–water partition coefficient (Wildman–Crippen LogP) is 10.0. The number of anilines is 3. The second kappa shape index (κ2) is 14.4. The van der Waals surface area contributed by atoms with Crippen LogP contribution >= 0.6 is 0 Å². The summed E-state index contributed by atoms with van der Waals surface area (Å²) in [7, 11) is 0. The van der Waals surface area contributed by atoms with Crippen LogP contribution in [0.4, 0.5) is 43.8 Å². The zero-order valence-corrected chi connectivity index (χ0v) is 25.7. The van der Waals surface area contributed by atoms with Crippen molar-refractivity contribution in [2.45, 2.75) is 97.3 Å². The number of aromatic nitrogens is 4. The molecule has 3 aromatic heterocycles. The molecule has 0 fully saturated rings. The molecule has 0 aliphatic heterocycles. The van der Waals surface area contributed by atoms with E-state index in [9.17, 15) is 26.3 Å². The summed E-state index contributed by atoms with van der Waals surface area (Å²) in [5.74, 6) is 0.114. The largest absolute Gasteiger partial charge is 0.433 e. The maximum Gasteiger partial charge on any atom is 0.433 e. The van der Waals surface area contributed by atoms with Gasteiger partial charge in [-0.15, -0.1) is 0 Å². The first-order chi connectivity index (χ1) is 21.4. The summed E-state index contributed by atoms with van der Waals surface area (Å²) in [5.41, 5.74) is 7.19. The molecular formula is C33H38F6N6. The van der Waals surface area contributed by atoms with Gasteiger partial charge < -0.3 is 11.1 Å². The van der Waals surface area contributed by atoms with Crippen molar-refractivity contribution in [2.75, 3.05) is 11.1 Å². The van der Waals surface area contributed by atoms with Gasteiger partial charge in [-0.25, -0.2) is 9.97 Å². The van der Waals surface area contributed by atoms with Crippen LogP contribution in [0.5, 0.6) is 0 Å². The van der Waals surface area contributed by atoms with Crippen LogP contribution in [0.1, 0.15) is 93.2 Å². The SMILES string of the molecule is CCCCCCc1c(-c2ncccc2C(F)(F)F)c(CCCCCC)c2nc(N)nc(Nc3ccc(C(F)(F)F)nc3)c2c1C. The standard InChI is InChI=1S/C33H38F6N6/c1-4-6-8-10-13-22-20(3)26-28(44-31(40)45-30(26)43-21-16-17-25(42-19-21)33(37,38)39)23(14-11-9-7-5-2)27(22)29-24(32(34,35)36)15-12-18-41-29/h12,15-19H,4-11,13-14H2,1-3H3,(H3,40,43,44,45). The number of nitrogens with one attached hydrogen (secondary N) is 1. The fourth-order valence-corrected chi connectivity index (χ4v) is 5.69. The maximum absolute atomic E-state index is 14.4. The van der Waals surface area contributed by atoms with Crippen molar-refractivity contribution in [1.82, 2.24) is 19.9 Å². The van der Waals surface area contributed by atoms with E-state index in [4.69, 9.17) is 5.73 Å². The molecule has 0 unspecified atom stereocenters. The molecule has 3 N–H and O–H groups in total. The quantitative estimate of drug-likeness (QED) is 0.113. The first-order valence-corrected chi connectivity index (χ1v) is 15.3. The van der Waals surface area contributed by atoms with E-state index in [0.717, 1.165) is 68.8 Å². The summed E-state index contributed by atoms with van der Waals surface area (Å²) in [6, 6.07) is 4.42. The summed E-state index contributed by atoms with van der Waals surface area (Å²) >= 11 is 0. The molecule has 4 aromatic rings. The number of halogens is 6. The van der Waals surface area contributed by atoms with Crippen molar-refractivity contribution in [3.63, 3.8) is 0 Å². The molecule has 242 valence electrons. The van der Waals surface area contributed by atoms with Gasteiger partial charge in [0.1, 0.15) is 11.5 Å². The summed E-state index contributed by atoms with van der Waals surface area (Å²) in [5, 5.41) is 3.60. The molecule has 0 aliphatic rings. The van der Waals surface area contributed by atoms with Crippen LogP contribution in [-0.2, 0) is 25.2 Å². The Bertz CT molecular complexity index is 1600. The fourth-order valence-electron chi connectivity index (χ4n) is 5.69. The first-order valence-electron chi connectivity index (χ1n) is 15.3. The topological polar surface area (TPSA) is 89.6 Å². The average molecular weight is 633 g/mol. The molecule has 0 bridgehead atoms. The van der Waals surface area contributed by atoms with Gasteiger partial charge in [-0.05, 0) is 73.6 Å². The van der Waals surface area contributed by atoms with Crippen molar-refractivity contribution in [3.05, 3.63) is 64.6 Å². The van der Waals surface area contributed by atoms with Gasteiger partial charge in [0.25, 0.3) is 0 Å². The smallest absolute Gasteiger partial charge is 0.368 e. The van der Waals surface area contributed by atoms with E-state index < -0.39 is 23.6 Å². The summed E-state index contributed by atoms with van der Waals surface area (Å²) in [4.78, 5) is 16.8. The molecule has 0 saturated heterocycles. The number of alkyl halides is 6. The molecule has 0 radical (unpaired) electrons. The Hall–Kier alpha value is -3.96. The lowest BCUT2D eigenvalue weighted by atomic mass is 9.84. The lowest BCUT2D eigenvalue weighted by Gasteiger charge is -2.24. The highest BCUT2D eigenvalue weighted by atomic mass is 19.4. The van der Waals surface area contributed by atoms with Gasteiger partial charge in [0.15, 0.2) is 0 Å². The molecule has 12 heteroatoms. The van der Waals surface area contributed by atoms with Crippen molar-refractivity contribution in [1.29, 1.82) is 0 Å². The monoisotopic (exact) mass is 632 g/mol. The van der Waals surface area contributed by atoms with E-state index in [-0.39, 0.29) is 23.1 Å². The molecule has 0 aliphatic carbocycles. The van der Waals surface area contributed by atoms with E-state index >= 15 is 0 Å². The highest BCUT2D eigenvalue weighted by Gasteiger charge is 2.36. The molecule has 0 amide bonds. The Kier molecular flexibility index (Phi) is 10.9. The highest BCUT2D eigenvalue weighted by molar-refractivity contribution is 6.01. The van der Waals surface area contributed by atoms with Crippen LogP contribution in [0, 0.1) is 6.92 Å². The van der Waals surface area contributed by atoms with Gasteiger partial charge in [-0.1, -0.05) is 52.4 Å². The highest BCUT2D eigenvalue weighted by Crippen LogP contribution is 2.44. The van der Waals surface area contributed by atoms with Crippen LogP contribution in [0.2, 0.25) is 0 Å². The second-order valence-electron chi connectivity index (χ2n) is 11.2. The van der Waals surface area contributed by atoms with Crippen molar-refractivity contribution in [2.24, 2.45) is 0 Å². The predicted molar refractivity (Wildman–Crippen MR) is 165 cm³/mol. The van der Waals surface area contributed by atoms with Crippen LogP contribution in [-0.4, -0.2) is 19.9 Å². The van der Waals surface area contributed by atoms with Crippen molar-refractivity contribution < 1.29 is 26.3 Å². The van der Waals surface area contributed by atoms with Crippen molar-refractivity contribution >= 4 is 28.4 Å². The minimum Gasteiger partial charge on any atom is -0.368 e. The van der Waals surface area contributed by atoms with E-state index in [1.54, 1.807) is 0 Å². The number of nitrogens with zero attached hydrogens (tertiary/aromatic N) is 4. The molecule has 3 heterocycles. The zero-order valence-electron chi connectivity index (χ0n) is 25.7. The number of benzene rings is 1. The number of fused-ring (bicyclic) bond motifs is 1. The Labute approximate surface area is 258 Å². The molecule has 6 nitrogen and oxygen atoms in total. The number of unbranched alkanes of at least 4 members (excludes halogenated alkanes) is 6. The number of rotatable bonds is 13. The minimum absolute atomic E-state index is 0.127. The van der Waals surface area contributed by atoms with Crippen LogP contribution in [0.25, 0.3) is 22.2 Å². The van der Waals surface area contributed by atoms with Gasteiger partial charge >= 0.3 is 12.4 Å². The van der Waals surface area contributed by atoms with Crippen LogP contribution in [0.15, 0.2) is 36.7 Å². The van der Waals surface area contributed by atoms with E-state index in [2.05, 4.69) is 39.1 Å². The summed E-state index contributed by atoms with van der Waals surface area (Å²) in [6.07, 6.45) is 1.25. The van der Waals surface area contributed by atoms with Crippen LogP contribution < -0.4 is 11.1 Å². The number of hydrogen-bond donors (Lipinski definition) is 2. The molecule has 0 saturated carbocycles. The minimum atomic E-state index is -4.64. The van der Waals surface area contributed by atoms with Crippen LogP contribution in [0.3, 0.4) is 0 Å². The number of aryl methyl sites for hydroxylation is 2. The normalized spacial score (nSPS) is 12.2. The first kappa shape index (κ1) is 33.9. The molecule has 4 rings (SSSR count). The molecular weight excluding hydrogens is 594 g/mol. The second-order valence-corrected chi connectivity index (χ2v) is 11.2. The molecule has 45 heavy (non-hydrogen) atoms. The Balaban J connectivity index is 2.02. The molecule has 0 atom stereocenters. The number of nitrogen functional groups attached to an aromatic ring is 1.